The topological polar surface area (TPSA) is 133 Å². The quantitative estimate of drug-likeness (QED) is 0.528. The monoisotopic (exact) mass is 254 g/mol. The Balaban J connectivity index is 1.76. The van der Waals surface area contributed by atoms with Crippen LogP contribution in [0.4, 0.5) is 4.79 Å². The van der Waals surface area contributed by atoms with Crippen LogP contribution >= 0.6 is 0 Å². The van der Waals surface area contributed by atoms with Gasteiger partial charge in [-0.1, -0.05) is 5.21 Å². The zero-order valence-electron chi connectivity index (χ0n) is 9.59. The van der Waals surface area contributed by atoms with E-state index in [0.29, 0.717) is 5.82 Å². The molecule has 9 heteroatoms. The molecule has 2 amide bonds. The number of carboxylic acids is 1. The lowest BCUT2D eigenvalue weighted by molar-refractivity contribution is -0.137. The molecule has 0 saturated heterocycles. The first-order valence-electron chi connectivity index (χ1n) is 5.63. The highest BCUT2D eigenvalue weighted by molar-refractivity contribution is 5.75. The van der Waals surface area contributed by atoms with Crippen molar-refractivity contribution in [2.24, 2.45) is 5.92 Å². The number of hydrogen-bond donors (Lipinski definition) is 4. The van der Waals surface area contributed by atoms with E-state index in [4.69, 9.17) is 5.11 Å². The van der Waals surface area contributed by atoms with E-state index in [1.165, 1.54) is 0 Å². The Morgan fingerprint density at radius 3 is 2.83 bits per heavy atom. The number of urea groups is 1. The van der Waals surface area contributed by atoms with Gasteiger partial charge >= 0.3 is 12.0 Å². The van der Waals surface area contributed by atoms with Crippen molar-refractivity contribution in [3.63, 3.8) is 0 Å². The normalized spacial score (nSPS) is 16.0. The number of amides is 2. The molecule has 0 aliphatic heterocycles. The van der Waals surface area contributed by atoms with Crippen LogP contribution in [0.5, 0.6) is 0 Å². The average Bonchev–Trinajstić information content (AvgIpc) is 3.02. The minimum absolute atomic E-state index is 0.0553. The SMILES string of the molecule is O=C(O)CC(NC(=O)NCc1nn[nH]n1)C1CC1. The summed E-state index contributed by atoms with van der Waals surface area (Å²) in [6.45, 7) is 0.146. The number of tetrazole rings is 1. The van der Waals surface area contributed by atoms with Crippen molar-refractivity contribution in [3.05, 3.63) is 5.82 Å². The van der Waals surface area contributed by atoms with Crippen LogP contribution in [0.25, 0.3) is 0 Å². The number of carbonyl (C=O) groups excluding carboxylic acids is 1. The van der Waals surface area contributed by atoms with Crippen molar-refractivity contribution in [1.29, 1.82) is 0 Å². The molecule has 0 radical (unpaired) electrons. The number of aromatic nitrogens is 4. The zero-order valence-corrected chi connectivity index (χ0v) is 9.59. The number of carboxylic acid groups (broad SMARTS) is 1. The van der Waals surface area contributed by atoms with Gasteiger partial charge in [-0.05, 0) is 18.8 Å². The first kappa shape index (κ1) is 12.3. The summed E-state index contributed by atoms with van der Waals surface area (Å²) >= 11 is 0. The summed E-state index contributed by atoms with van der Waals surface area (Å²) in [5, 5.41) is 26.9. The number of nitrogens with zero attached hydrogens (tertiary/aromatic N) is 3. The van der Waals surface area contributed by atoms with Crippen molar-refractivity contribution in [2.45, 2.75) is 31.8 Å². The summed E-state index contributed by atoms with van der Waals surface area (Å²) in [5.74, 6) is -0.270. The van der Waals surface area contributed by atoms with Crippen LogP contribution < -0.4 is 10.6 Å². The lowest BCUT2D eigenvalue weighted by Crippen LogP contribution is -2.44. The number of nitrogens with one attached hydrogen (secondary N) is 3. The van der Waals surface area contributed by atoms with E-state index >= 15 is 0 Å². The lowest BCUT2D eigenvalue weighted by Gasteiger charge is -2.16. The summed E-state index contributed by atoms with van der Waals surface area (Å²) in [5.41, 5.74) is 0. The van der Waals surface area contributed by atoms with Gasteiger partial charge in [0, 0.05) is 6.04 Å². The van der Waals surface area contributed by atoms with Gasteiger partial charge in [-0.15, -0.1) is 10.2 Å². The van der Waals surface area contributed by atoms with Crippen LogP contribution in [0.15, 0.2) is 0 Å². The number of H-pyrrole nitrogens is 1. The highest BCUT2D eigenvalue weighted by Crippen LogP contribution is 2.33. The molecule has 1 aromatic heterocycles. The lowest BCUT2D eigenvalue weighted by atomic mass is 10.1. The minimum Gasteiger partial charge on any atom is -0.481 e. The van der Waals surface area contributed by atoms with Gasteiger partial charge in [0.25, 0.3) is 0 Å². The van der Waals surface area contributed by atoms with Crippen LogP contribution in [-0.2, 0) is 11.3 Å². The molecule has 18 heavy (non-hydrogen) atoms. The number of aliphatic carboxylic acids is 1. The van der Waals surface area contributed by atoms with Crippen LogP contribution in [-0.4, -0.2) is 43.8 Å². The first-order valence-corrected chi connectivity index (χ1v) is 5.63. The summed E-state index contributed by atoms with van der Waals surface area (Å²) < 4.78 is 0. The molecule has 1 saturated carbocycles. The van der Waals surface area contributed by atoms with Crippen LogP contribution in [0.1, 0.15) is 25.1 Å². The Morgan fingerprint density at radius 1 is 1.50 bits per heavy atom. The summed E-state index contributed by atoms with van der Waals surface area (Å²) in [6, 6.07) is -0.731. The predicted molar refractivity (Wildman–Crippen MR) is 58.3 cm³/mol. The zero-order chi connectivity index (χ0) is 13.0. The molecule has 1 heterocycles. The van der Waals surface area contributed by atoms with E-state index in [9.17, 15) is 9.59 Å². The Labute approximate surface area is 102 Å². The third-order valence-electron chi connectivity index (χ3n) is 2.70. The molecule has 1 atom stereocenters. The Morgan fingerprint density at radius 2 is 2.28 bits per heavy atom. The van der Waals surface area contributed by atoms with Crippen LogP contribution in [0.3, 0.4) is 0 Å². The molecule has 98 valence electrons. The second kappa shape index (κ2) is 5.43. The van der Waals surface area contributed by atoms with Gasteiger partial charge in [0.2, 0.25) is 0 Å². The van der Waals surface area contributed by atoms with Gasteiger partial charge < -0.3 is 15.7 Å². The van der Waals surface area contributed by atoms with Crippen molar-refractivity contribution in [2.75, 3.05) is 0 Å². The van der Waals surface area contributed by atoms with Gasteiger partial charge in [0.15, 0.2) is 5.82 Å². The highest BCUT2D eigenvalue weighted by Gasteiger charge is 2.33. The fourth-order valence-corrected chi connectivity index (χ4v) is 1.66. The predicted octanol–water partition coefficient (Wildman–Crippen LogP) is -0.748. The third-order valence-corrected chi connectivity index (χ3v) is 2.70. The smallest absolute Gasteiger partial charge is 0.315 e. The van der Waals surface area contributed by atoms with Crippen molar-refractivity contribution >= 4 is 12.0 Å². The van der Waals surface area contributed by atoms with E-state index in [1.807, 2.05) is 0 Å². The average molecular weight is 254 g/mol. The number of rotatable bonds is 6. The Bertz CT molecular complexity index is 416. The molecule has 0 bridgehead atoms. The summed E-state index contributed by atoms with van der Waals surface area (Å²) in [4.78, 5) is 22.2. The molecule has 1 aromatic rings. The third kappa shape index (κ3) is 3.68. The molecule has 2 rings (SSSR count). The molecule has 1 unspecified atom stereocenters. The molecule has 9 nitrogen and oxygen atoms in total. The molecule has 0 aromatic carbocycles. The molecule has 1 fully saturated rings. The second-order valence-electron chi connectivity index (χ2n) is 4.20. The highest BCUT2D eigenvalue weighted by atomic mass is 16.4. The van der Waals surface area contributed by atoms with Gasteiger partial charge in [0.05, 0.1) is 13.0 Å². The second-order valence-corrected chi connectivity index (χ2v) is 4.20. The molecule has 1 aliphatic carbocycles. The minimum atomic E-state index is -0.912. The largest absolute Gasteiger partial charge is 0.481 e. The molecular formula is C9H14N6O3. The van der Waals surface area contributed by atoms with E-state index in [1.54, 1.807) is 0 Å². The standard InChI is InChI=1S/C9H14N6O3/c16-8(17)3-6(5-1-2-5)11-9(18)10-4-7-12-14-15-13-7/h5-6H,1-4H2,(H,16,17)(H2,10,11,18)(H,12,13,14,15). The summed E-state index contributed by atoms with van der Waals surface area (Å²) in [7, 11) is 0. The van der Waals surface area contributed by atoms with Gasteiger partial charge in [0.1, 0.15) is 0 Å². The van der Waals surface area contributed by atoms with Gasteiger partial charge in [-0.2, -0.15) is 5.21 Å². The summed E-state index contributed by atoms with van der Waals surface area (Å²) in [6.07, 6.45) is 1.87. The maximum Gasteiger partial charge on any atom is 0.315 e. The van der Waals surface area contributed by atoms with Crippen molar-refractivity contribution in [3.8, 4) is 0 Å². The first-order chi connectivity index (χ1) is 8.65. The molecule has 4 N–H and O–H groups in total. The number of aromatic amines is 1. The van der Waals surface area contributed by atoms with E-state index in [2.05, 4.69) is 31.3 Å². The molecule has 1 aliphatic rings. The maximum absolute atomic E-state index is 11.6. The number of hydrogen-bond acceptors (Lipinski definition) is 5. The Hall–Kier alpha value is -2.19. The number of carbonyl (C=O) groups is 2. The van der Waals surface area contributed by atoms with Crippen LogP contribution in [0, 0.1) is 5.92 Å². The maximum atomic E-state index is 11.6. The molecule has 0 spiro atoms. The fraction of sp³-hybridized carbons (Fsp3) is 0.667. The van der Waals surface area contributed by atoms with E-state index in [-0.39, 0.29) is 24.9 Å². The Kier molecular flexibility index (Phi) is 3.70. The fourth-order valence-electron chi connectivity index (χ4n) is 1.66. The van der Waals surface area contributed by atoms with E-state index in [0.717, 1.165) is 12.8 Å². The van der Waals surface area contributed by atoms with E-state index < -0.39 is 12.0 Å². The van der Waals surface area contributed by atoms with Crippen molar-refractivity contribution in [1.82, 2.24) is 31.3 Å². The van der Waals surface area contributed by atoms with Gasteiger partial charge in [-0.3, -0.25) is 4.79 Å². The molecular weight excluding hydrogens is 240 g/mol. The van der Waals surface area contributed by atoms with Gasteiger partial charge in [-0.25, -0.2) is 4.79 Å². The van der Waals surface area contributed by atoms with Crippen LogP contribution in [0.2, 0.25) is 0 Å². The van der Waals surface area contributed by atoms with Crippen molar-refractivity contribution < 1.29 is 14.7 Å².